The molecule has 0 heterocycles. The summed E-state index contributed by atoms with van der Waals surface area (Å²) in [4.78, 5) is 11.7. The minimum absolute atomic E-state index is 0.00417. The lowest BCUT2D eigenvalue weighted by atomic mass is 9.89. The minimum atomic E-state index is 0.00417. The summed E-state index contributed by atoms with van der Waals surface area (Å²) in [5.74, 6) is 0.828. The van der Waals surface area contributed by atoms with Crippen LogP contribution in [0.2, 0.25) is 0 Å². The van der Waals surface area contributed by atoms with Crippen LogP contribution in [0, 0.1) is 11.3 Å². The molecule has 0 aromatic heterocycles. The van der Waals surface area contributed by atoms with Gasteiger partial charge in [0.1, 0.15) is 0 Å². The average Bonchev–Trinajstić information content (AvgIpc) is 2.47. The monoisotopic (exact) mass is 340 g/mol. The molecule has 0 unspecified atom stereocenters. The van der Waals surface area contributed by atoms with Crippen LogP contribution in [0.25, 0.3) is 0 Å². The van der Waals surface area contributed by atoms with Crippen LogP contribution in [-0.4, -0.2) is 12.6 Å². The second-order valence-corrected chi connectivity index (χ2v) is 9.00. The molecule has 2 heteroatoms. The van der Waals surface area contributed by atoms with Gasteiger partial charge in [0, 0.05) is 6.42 Å². The molecule has 0 aromatic carbocycles. The summed E-state index contributed by atoms with van der Waals surface area (Å²) in [5.41, 5.74) is 0.457. The van der Waals surface area contributed by atoms with Crippen LogP contribution in [0.15, 0.2) is 0 Å². The molecule has 0 rings (SSSR count). The fraction of sp³-hybridized carbons (Fsp3) is 0.955. The van der Waals surface area contributed by atoms with Gasteiger partial charge in [-0.05, 0) is 30.6 Å². The third kappa shape index (κ3) is 19.5. The van der Waals surface area contributed by atoms with Gasteiger partial charge in [-0.1, -0.05) is 92.4 Å². The molecule has 0 spiro atoms. The van der Waals surface area contributed by atoms with Crippen molar-refractivity contribution in [1.82, 2.24) is 0 Å². The van der Waals surface area contributed by atoms with E-state index in [0.29, 0.717) is 18.4 Å². The number of esters is 1. The van der Waals surface area contributed by atoms with Gasteiger partial charge >= 0.3 is 5.97 Å². The normalized spacial score (nSPS) is 11.9. The third-order valence-electron chi connectivity index (χ3n) is 4.50. The lowest BCUT2D eigenvalue weighted by molar-refractivity contribution is -0.143. The molecule has 0 atom stereocenters. The zero-order valence-electron chi connectivity index (χ0n) is 17.3. The van der Waals surface area contributed by atoms with Gasteiger partial charge in [0.05, 0.1) is 6.61 Å². The van der Waals surface area contributed by atoms with E-state index >= 15 is 0 Å². The Morgan fingerprint density at radius 2 is 1.33 bits per heavy atom. The van der Waals surface area contributed by atoms with Gasteiger partial charge in [-0.15, -0.1) is 0 Å². The average molecular weight is 341 g/mol. The molecule has 0 N–H and O–H groups in total. The van der Waals surface area contributed by atoms with Crippen molar-refractivity contribution < 1.29 is 9.53 Å². The molecule has 0 fully saturated rings. The fourth-order valence-electron chi connectivity index (χ4n) is 2.90. The molecule has 24 heavy (non-hydrogen) atoms. The van der Waals surface area contributed by atoms with Crippen LogP contribution in [0.3, 0.4) is 0 Å². The number of carbonyl (C=O) groups is 1. The summed E-state index contributed by atoms with van der Waals surface area (Å²) < 4.78 is 5.32. The Morgan fingerprint density at radius 1 is 0.792 bits per heavy atom. The van der Waals surface area contributed by atoms with E-state index < -0.39 is 0 Å². The van der Waals surface area contributed by atoms with Crippen molar-refractivity contribution in [3.63, 3.8) is 0 Å². The van der Waals surface area contributed by atoms with E-state index in [1.807, 2.05) is 0 Å². The van der Waals surface area contributed by atoms with Crippen molar-refractivity contribution >= 4 is 5.97 Å². The van der Waals surface area contributed by atoms with Crippen LogP contribution >= 0.6 is 0 Å². The lowest BCUT2D eigenvalue weighted by Gasteiger charge is -2.17. The predicted molar refractivity (Wildman–Crippen MR) is 105 cm³/mol. The summed E-state index contributed by atoms with van der Waals surface area (Å²) in [7, 11) is 0. The zero-order valence-corrected chi connectivity index (χ0v) is 17.3. The van der Waals surface area contributed by atoms with Gasteiger partial charge in [0.15, 0.2) is 0 Å². The van der Waals surface area contributed by atoms with Gasteiger partial charge in [-0.25, -0.2) is 0 Å². The Morgan fingerprint density at radius 3 is 1.96 bits per heavy atom. The van der Waals surface area contributed by atoms with E-state index in [9.17, 15) is 4.79 Å². The highest BCUT2D eigenvalue weighted by Gasteiger charge is 2.08. The number of ether oxygens (including phenoxy) is 1. The van der Waals surface area contributed by atoms with Gasteiger partial charge in [-0.2, -0.15) is 0 Å². The first-order valence-corrected chi connectivity index (χ1v) is 10.5. The molecule has 0 saturated carbocycles. The smallest absolute Gasteiger partial charge is 0.305 e. The second-order valence-electron chi connectivity index (χ2n) is 9.00. The summed E-state index contributed by atoms with van der Waals surface area (Å²) in [5, 5.41) is 0. The second kappa shape index (κ2) is 14.8. The molecule has 0 bridgehead atoms. The van der Waals surface area contributed by atoms with E-state index in [-0.39, 0.29) is 5.97 Å². The highest BCUT2D eigenvalue weighted by molar-refractivity contribution is 5.69. The molecular formula is C22H44O2. The van der Waals surface area contributed by atoms with Gasteiger partial charge in [0.2, 0.25) is 0 Å². The maximum absolute atomic E-state index is 11.7. The highest BCUT2D eigenvalue weighted by atomic mass is 16.5. The summed E-state index contributed by atoms with van der Waals surface area (Å²) in [6.45, 7) is 12.1. The van der Waals surface area contributed by atoms with Gasteiger partial charge in [-0.3, -0.25) is 4.79 Å². The molecule has 0 amide bonds. The van der Waals surface area contributed by atoms with Crippen molar-refractivity contribution in [2.75, 3.05) is 6.61 Å². The Bertz CT molecular complexity index is 289. The number of hydrogen-bond donors (Lipinski definition) is 0. The molecule has 144 valence electrons. The lowest BCUT2D eigenvalue weighted by Crippen LogP contribution is -2.06. The quantitative estimate of drug-likeness (QED) is 0.231. The predicted octanol–water partition coefficient (Wildman–Crippen LogP) is 7.30. The van der Waals surface area contributed by atoms with Crippen LogP contribution in [0.5, 0.6) is 0 Å². The molecule has 0 aliphatic heterocycles. The molecule has 2 nitrogen and oxygen atoms in total. The van der Waals surface area contributed by atoms with Crippen LogP contribution < -0.4 is 0 Å². The molecule has 0 aliphatic carbocycles. The zero-order chi connectivity index (χ0) is 18.3. The Kier molecular flexibility index (Phi) is 14.5. The van der Waals surface area contributed by atoms with Crippen molar-refractivity contribution in [3.05, 3.63) is 0 Å². The number of hydrogen-bond acceptors (Lipinski definition) is 2. The molecular weight excluding hydrogens is 296 g/mol. The largest absolute Gasteiger partial charge is 0.466 e. The standard InChI is InChI=1S/C22H44O2/c1-20(2)16-12-8-7-11-15-19-24-21(23)17-13-9-6-10-14-18-22(3,4)5/h20H,6-19H2,1-5H3. The minimum Gasteiger partial charge on any atom is -0.466 e. The Labute approximate surface area is 152 Å². The van der Waals surface area contributed by atoms with Crippen molar-refractivity contribution in [1.29, 1.82) is 0 Å². The first-order chi connectivity index (χ1) is 11.3. The molecule has 0 aliphatic rings. The van der Waals surface area contributed by atoms with Gasteiger partial charge < -0.3 is 4.74 Å². The summed E-state index contributed by atoms with van der Waals surface area (Å²) in [6, 6.07) is 0. The SMILES string of the molecule is CC(C)CCCCCCCOC(=O)CCCCCCCC(C)(C)C. The number of carbonyl (C=O) groups excluding carboxylic acids is 1. The van der Waals surface area contributed by atoms with Crippen LogP contribution in [-0.2, 0) is 9.53 Å². The van der Waals surface area contributed by atoms with E-state index in [2.05, 4.69) is 34.6 Å². The molecule has 0 saturated heterocycles. The van der Waals surface area contributed by atoms with Gasteiger partial charge in [0.25, 0.3) is 0 Å². The third-order valence-corrected chi connectivity index (χ3v) is 4.50. The van der Waals surface area contributed by atoms with Crippen LogP contribution in [0.1, 0.15) is 118 Å². The number of unbranched alkanes of at least 4 members (excludes halogenated alkanes) is 8. The first-order valence-electron chi connectivity index (χ1n) is 10.5. The molecule has 0 radical (unpaired) electrons. The van der Waals surface area contributed by atoms with Crippen molar-refractivity contribution in [2.24, 2.45) is 11.3 Å². The fourth-order valence-corrected chi connectivity index (χ4v) is 2.90. The Hall–Kier alpha value is -0.530. The molecule has 0 aromatic rings. The van der Waals surface area contributed by atoms with E-state index in [4.69, 9.17) is 4.74 Å². The number of rotatable bonds is 15. The first kappa shape index (κ1) is 23.5. The van der Waals surface area contributed by atoms with Crippen LogP contribution in [0.4, 0.5) is 0 Å². The Balaban J connectivity index is 3.24. The van der Waals surface area contributed by atoms with E-state index in [0.717, 1.165) is 25.2 Å². The highest BCUT2D eigenvalue weighted by Crippen LogP contribution is 2.22. The summed E-state index contributed by atoms with van der Waals surface area (Å²) >= 11 is 0. The maximum Gasteiger partial charge on any atom is 0.305 e. The van der Waals surface area contributed by atoms with Crippen molar-refractivity contribution in [3.8, 4) is 0 Å². The van der Waals surface area contributed by atoms with E-state index in [1.165, 1.54) is 57.8 Å². The van der Waals surface area contributed by atoms with Crippen molar-refractivity contribution in [2.45, 2.75) is 118 Å². The topological polar surface area (TPSA) is 26.3 Å². The maximum atomic E-state index is 11.7. The van der Waals surface area contributed by atoms with E-state index in [1.54, 1.807) is 0 Å². The summed E-state index contributed by atoms with van der Waals surface area (Å²) in [6.07, 6.45) is 15.4.